The number of rotatable bonds is 1. The molecule has 5 nitrogen and oxygen atoms in total. The maximum atomic E-state index is 12.6. The molecule has 1 aliphatic heterocycles. The number of amides is 1. The maximum Gasteiger partial charge on any atom is 0.326 e. The van der Waals surface area contributed by atoms with Gasteiger partial charge >= 0.3 is 5.69 Å². The van der Waals surface area contributed by atoms with Gasteiger partial charge in [-0.2, -0.15) is 0 Å². The highest BCUT2D eigenvalue weighted by Crippen LogP contribution is 2.16. The van der Waals surface area contributed by atoms with Crippen molar-refractivity contribution >= 4 is 16.9 Å². The molecule has 2 aromatic rings. The number of nitrogens with one attached hydrogen (secondary N) is 1. The summed E-state index contributed by atoms with van der Waals surface area (Å²) in [6.45, 7) is 1.67. The fourth-order valence-electron chi connectivity index (χ4n) is 3.00. The lowest BCUT2D eigenvalue weighted by Crippen LogP contribution is -2.33. The molecule has 1 amide bonds. The Labute approximate surface area is 123 Å². The molecular formula is C16H21N3O2. The van der Waals surface area contributed by atoms with E-state index in [1.165, 1.54) is 19.3 Å². The quantitative estimate of drug-likeness (QED) is 0.874. The van der Waals surface area contributed by atoms with Crippen molar-refractivity contribution < 1.29 is 4.79 Å². The average Bonchev–Trinajstić information content (AvgIpc) is 2.73. The van der Waals surface area contributed by atoms with Crippen LogP contribution in [0.3, 0.4) is 0 Å². The van der Waals surface area contributed by atoms with Crippen LogP contribution in [0.5, 0.6) is 0 Å². The molecule has 0 saturated carbocycles. The molecule has 2 heterocycles. The van der Waals surface area contributed by atoms with Gasteiger partial charge in [0.15, 0.2) is 0 Å². The zero-order valence-electron chi connectivity index (χ0n) is 12.4. The van der Waals surface area contributed by atoms with Crippen LogP contribution in [-0.2, 0) is 7.05 Å². The Kier molecular flexibility index (Phi) is 3.82. The van der Waals surface area contributed by atoms with Crippen LogP contribution in [0.25, 0.3) is 11.0 Å². The molecule has 1 aliphatic rings. The lowest BCUT2D eigenvalue weighted by Gasteiger charge is -2.24. The second-order valence-corrected chi connectivity index (χ2v) is 5.78. The minimum atomic E-state index is -0.152. The summed E-state index contributed by atoms with van der Waals surface area (Å²) in [7, 11) is 1.72. The minimum Gasteiger partial charge on any atom is -0.339 e. The number of hydrogen-bond donors (Lipinski definition) is 1. The third-order valence-corrected chi connectivity index (χ3v) is 4.29. The van der Waals surface area contributed by atoms with Gasteiger partial charge < -0.3 is 9.88 Å². The molecule has 1 aromatic heterocycles. The molecule has 0 aliphatic carbocycles. The maximum absolute atomic E-state index is 12.6. The van der Waals surface area contributed by atoms with Crippen molar-refractivity contribution in [2.24, 2.45) is 7.05 Å². The average molecular weight is 287 g/mol. The first kappa shape index (κ1) is 13.9. The van der Waals surface area contributed by atoms with E-state index in [2.05, 4.69) is 4.98 Å². The summed E-state index contributed by atoms with van der Waals surface area (Å²) in [6.07, 6.45) is 5.84. The summed E-state index contributed by atoms with van der Waals surface area (Å²) >= 11 is 0. The Bertz CT molecular complexity index is 706. The highest BCUT2D eigenvalue weighted by molar-refractivity contribution is 5.97. The number of imidazole rings is 1. The predicted octanol–water partition coefficient (Wildman–Crippen LogP) is 2.27. The van der Waals surface area contributed by atoms with Gasteiger partial charge in [-0.05, 0) is 31.0 Å². The van der Waals surface area contributed by atoms with Crippen molar-refractivity contribution in [3.05, 3.63) is 34.2 Å². The van der Waals surface area contributed by atoms with E-state index < -0.39 is 0 Å². The molecule has 0 bridgehead atoms. The number of likely N-dealkylation sites (tertiary alicyclic amines) is 1. The van der Waals surface area contributed by atoms with Gasteiger partial charge in [0.2, 0.25) is 0 Å². The molecule has 0 radical (unpaired) electrons. The molecule has 0 atom stereocenters. The number of carbonyl (C=O) groups is 1. The number of hydrogen-bond acceptors (Lipinski definition) is 2. The van der Waals surface area contributed by atoms with Crippen LogP contribution in [-0.4, -0.2) is 33.4 Å². The molecule has 1 saturated heterocycles. The summed E-state index contributed by atoms with van der Waals surface area (Å²) in [4.78, 5) is 29.0. The molecule has 3 rings (SSSR count). The van der Waals surface area contributed by atoms with Gasteiger partial charge in [-0.15, -0.1) is 0 Å². The van der Waals surface area contributed by atoms with Gasteiger partial charge in [0.05, 0.1) is 11.0 Å². The molecule has 0 unspecified atom stereocenters. The highest BCUT2D eigenvalue weighted by Gasteiger charge is 2.17. The predicted molar refractivity (Wildman–Crippen MR) is 82.5 cm³/mol. The fraction of sp³-hybridized carbons (Fsp3) is 0.500. The summed E-state index contributed by atoms with van der Waals surface area (Å²) in [5, 5.41) is 0. The van der Waals surface area contributed by atoms with Crippen LogP contribution in [0.2, 0.25) is 0 Å². The topological polar surface area (TPSA) is 58.1 Å². The van der Waals surface area contributed by atoms with E-state index in [9.17, 15) is 9.59 Å². The van der Waals surface area contributed by atoms with E-state index in [1.54, 1.807) is 17.7 Å². The van der Waals surface area contributed by atoms with E-state index in [0.717, 1.165) is 37.0 Å². The zero-order chi connectivity index (χ0) is 14.8. The number of fused-ring (bicyclic) bond motifs is 1. The number of aryl methyl sites for hydroxylation is 1. The van der Waals surface area contributed by atoms with Gasteiger partial charge in [-0.25, -0.2) is 4.79 Å². The Morgan fingerprint density at radius 1 is 1.10 bits per heavy atom. The Balaban J connectivity index is 1.88. The molecule has 21 heavy (non-hydrogen) atoms. The third kappa shape index (κ3) is 2.73. The summed E-state index contributed by atoms with van der Waals surface area (Å²) < 4.78 is 1.56. The Morgan fingerprint density at radius 3 is 2.48 bits per heavy atom. The first-order chi connectivity index (χ1) is 10.2. The highest BCUT2D eigenvalue weighted by atomic mass is 16.2. The summed E-state index contributed by atoms with van der Waals surface area (Å²) in [5.74, 6) is 0.0727. The summed E-state index contributed by atoms with van der Waals surface area (Å²) in [6, 6.07) is 5.44. The van der Waals surface area contributed by atoms with Crippen molar-refractivity contribution in [2.75, 3.05) is 13.1 Å². The van der Waals surface area contributed by atoms with Crippen molar-refractivity contribution in [2.45, 2.75) is 32.1 Å². The molecular weight excluding hydrogens is 266 g/mol. The van der Waals surface area contributed by atoms with Crippen molar-refractivity contribution in [3.8, 4) is 0 Å². The number of benzene rings is 1. The van der Waals surface area contributed by atoms with Crippen LogP contribution in [0, 0.1) is 0 Å². The first-order valence-corrected chi connectivity index (χ1v) is 7.65. The van der Waals surface area contributed by atoms with Crippen LogP contribution in [0.1, 0.15) is 42.5 Å². The van der Waals surface area contributed by atoms with Crippen LogP contribution < -0.4 is 5.69 Å². The SMILES string of the molecule is Cn1c(=O)[nH]c2cc(C(=O)N3CCCCCCC3)ccc21. The normalized spacial score (nSPS) is 16.7. The first-order valence-electron chi connectivity index (χ1n) is 7.65. The molecule has 5 heteroatoms. The lowest BCUT2D eigenvalue weighted by atomic mass is 10.1. The van der Waals surface area contributed by atoms with E-state index in [4.69, 9.17) is 0 Å². The van der Waals surface area contributed by atoms with Crippen molar-refractivity contribution in [3.63, 3.8) is 0 Å². The molecule has 1 aromatic carbocycles. The molecule has 0 spiro atoms. The summed E-state index contributed by atoms with van der Waals surface area (Å²) in [5.41, 5.74) is 2.05. The number of carbonyl (C=O) groups excluding carboxylic acids is 1. The number of H-pyrrole nitrogens is 1. The van der Waals surface area contributed by atoms with Gasteiger partial charge in [-0.1, -0.05) is 19.3 Å². The minimum absolute atomic E-state index is 0.0727. The second-order valence-electron chi connectivity index (χ2n) is 5.78. The van der Waals surface area contributed by atoms with Gasteiger partial charge in [0, 0.05) is 25.7 Å². The van der Waals surface area contributed by atoms with Gasteiger partial charge in [0.25, 0.3) is 5.91 Å². The van der Waals surface area contributed by atoms with Gasteiger partial charge in [-0.3, -0.25) is 9.36 Å². The molecule has 112 valence electrons. The van der Waals surface area contributed by atoms with E-state index >= 15 is 0 Å². The van der Waals surface area contributed by atoms with Gasteiger partial charge in [0.1, 0.15) is 0 Å². The second kappa shape index (κ2) is 5.76. The van der Waals surface area contributed by atoms with Crippen molar-refractivity contribution in [1.82, 2.24) is 14.5 Å². The number of nitrogens with zero attached hydrogens (tertiary/aromatic N) is 2. The Morgan fingerprint density at radius 2 is 1.76 bits per heavy atom. The van der Waals surface area contributed by atoms with Crippen LogP contribution >= 0.6 is 0 Å². The Hall–Kier alpha value is -2.04. The standard InChI is InChI=1S/C16H21N3O2/c1-18-14-8-7-12(11-13(14)17-16(18)21)15(20)19-9-5-3-2-4-6-10-19/h7-8,11H,2-6,9-10H2,1H3,(H,17,21). The smallest absolute Gasteiger partial charge is 0.326 e. The van der Waals surface area contributed by atoms with Crippen LogP contribution in [0.4, 0.5) is 0 Å². The lowest BCUT2D eigenvalue weighted by molar-refractivity contribution is 0.0742. The fourth-order valence-corrected chi connectivity index (χ4v) is 3.00. The van der Waals surface area contributed by atoms with E-state index in [-0.39, 0.29) is 11.6 Å². The monoisotopic (exact) mass is 287 g/mol. The zero-order valence-corrected chi connectivity index (χ0v) is 12.4. The van der Waals surface area contributed by atoms with E-state index in [0.29, 0.717) is 5.56 Å². The van der Waals surface area contributed by atoms with Crippen molar-refractivity contribution in [1.29, 1.82) is 0 Å². The molecule has 1 fully saturated rings. The largest absolute Gasteiger partial charge is 0.339 e. The van der Waals surface area contributed by atoms with E-state index in [1.807, 2.05) is 17.0 Å². The van der Waals surface area contributed by atoms with Crippen LogP contribution in [0.15, 0.2) is 23.0 Å². The molecule has 1 N–H and O–H groups in total. The third-order valence-electron chi connectivity index (χ3n) is 4.29. The number of aromatic nitrogens is 2. The number of aromatic amines is 1.